The molecule has 1 heterocycles. The molecule has 1 aliphatic carbocycles. The second-order valence-electron chi connectivity index (χ2n) is 5.33. The summed E-state index contributed by atoms with van der Waals surface area (Å²) >= 11 is 1.29. The topological polar surface area (TPSA) is 69.6 Å². The SMILES string of the molecule is Cc1cc(NC(=O)C2CC2)sc1C(=O)N(C)C(C)CO. The highest BCUT2D eigenvalue weighted by Gasteiger charge is 2.30. The lowest BCUT2D eigenvalue weighted by Gasteiger charge is -2.22. The van der Waals surface area contributed by atoms with Crippen LogP contribution in [0.2, 0.25) is 0 Å². The van der Waals surface area contributed by atoms with Crippen LogP contribution in [-0.2, 0) is 4.79 Å². The molecule has 2 amide bonds. The molecule has 0 radical (unpaired) electrons. The molecule has 0 bridgehead atoms. The van der Waals surface area contributed by atoms with E-state index in [4.69, 9.17) is 5.11 Å². The molecule has 0 aromatic carbocycles. The van der Waals surface area contributed by atoms with E-state index in [1.165, 1.54) is 16.2 Å². The third kappa shape index (κ3) is 3.19. The Kier molecular flexibility index (Phi) is 4.45. The highest BCUT2D eigenvalue weighted by atomic mass is 32.1. The Balaban J connectivity index is 2.10. The van der Waals surface area contributed by atoms with Gasteiger partial charge in [0.25, 0.3) is 5.91 Å². The number of amides is 2. The molecule has 6 heteroatoms. The number of carbonyl (C=O) groups excluding carboxylic acids is 2. The van der Waals surface area contributed by atoms with Crippen molar-refractivity contribution >= 4 is 28.2 Å². The first kappa shape index (κ1) is 15.0. The highest BCUT2D eigenvalue weighted by molar-refractivity contribution is 7.18. The van der Waals surface area contributed by atoms with Crippen molar-refractivity contribution in [1.29, 1.82) is 0 Å². The molecule has 110 valence electrons. The van der Waals surface area contributed by atoms with Crippen molar-refractivity contribution in [3.8, 4) is 0 Å². The van der Waals surface area contributed by atoms with Gasteiger partial charge in [-0.05, 0) is 38.3 Å². The fourth-order valence-corrected chi connectivity index (χ4v) is 2.87. The van der Waals surface area contributed by atoms with Crippen molar-refractivity contribution in [2.45, 2.75) is 32.7 Å². The monoisotopic (exact) mass is 296 g/mol. The average Bonchev–Trinajstić information content (AvgIpc) is 3.21. The van der Waals surface area contributed by atoms with E-state index in [0.29, 0.717) is 9.88 Å². The standard InChI is InChI=1S/C14H20N2O3S/c1-8-6-11(15-13(18)10-4-5-10)20-12(8)14(19)16(3)9(2)7-17/h6,9-10,17H,4-5,7H2,1-3H3,(H,15,18). The van der Waals surface area contributed by atoms with Crippen LogP contribution in [0, 0.1) is 12.8 Å². The molecule has 1 fully saturated rings. The number of hydrogen-bond acceptors (Lipinski definition) is 4. The minimum Gasteiger partial charge on any atom is -0.394 e. The number of aliphatic hydroxyl groups excluding tert-OH is 1. The van der Waals surface area contributed by atoms with Gasteiger partial charge in [0.2, 0.25) is 5.91 Å². The molecule has 1 aromatic heterocycles. The lowest BCUT2D eigenvalue weighted by atomic mass is 10.2. The summed E-state index contributed by atoms with van der Waals surface area (Å²) in [7, 11) is 1.67. The average molecular weight is 296 g/mol. The van der Waals surface area contributed by atoms with Crippen molar-refractivity contribution in [3.05, 3.63) is 16.5 Å². The Morgan fingerprint density at radius 2 is 2.20 bits per heavy atom. The Morgan fingerprint density at radius 3 is 2.75 bits per heavy atom. The van der Waals surface area contributed by atoms with Gasteiger partial charge >= 0.3 is 0 Å². The number of nitrogens with zero attached hydrogens (tertiary/aromatic N) is 1. The minimum absolute atomic E-state index is 0.0438. The molecule has 1 aromatic rings. The van der Waals surface area contributed by atoms with Crippen LogP contribution in [0.3, 0.4) is 0 Å². The molecule has 2 N–H and O–H groups in total. The van der Waals surface area contributed by atoms with Crippen LogP contribution in [0.5, 0.6) is 0 Å². The number of likely N-dealkylation sites (N-methyl/N-ethyl adjacent to an activating group) is 1. The van der Waals surface area contributed by atoms with E-state index in [9.17, 15) is 9.59 Å². The van der Waals surface area contributed by atoms with Crippen molar-refractivity contribution in [2.75, 3.05) is 19.0 Å². The van der Waals surface area contributed by atoms with Crippen molar-refractivity contribution < 1.29 is 14.7 Å². The van der Waals surface area contributed by atoms with Gasteiger partial charge < -0.3 is 15.3 Å². The van der Waals surface area contributed by atoms with Crippen LogP contribution in [-0.4, -0.2) is 41.5 Å². The summed E-state index contributed by atoms with van der Waals surface area (Å²) in [6, 6.07) is 1.60. The van der Waals surface area contributed by atoms with E-state index >= 15 is 0 Å². The molecular formula is C14H20N2O3S. The third-order valence-corrected chi connectivity index (χ3v) is 4.69. The van der Waals surface area contributed by atoms with E-state index in [1.54, 1.807) is 14.0 Å². The fourth-order valence-electron chi connectivity index (χ4n) is 1.81. The summed E-state index contributed by atoms with van der Waals surface area (Å²) in [5, 5.41) is 12.7. The van der Waals surface area contributed by atoms with Crippen LogP contribution in [0.4, 0.5) is 5.00 Å². The molecule has 20 heavy (non-hydrogen) atoms. The zero-order valence-corrected chi connectivity index (χ0v) is 12.8. The Labute approximate surface area is 122 Å². The smallest absolute Gasteiger partial charge is 0.264 e. The maximum atomic E-state index is 12.3. The number of thiophene rings is 1. The van der Waals surface area contributed by atoms with Crippen molar-refractivity contribution in [1.82, 2.24) is 4.90 Å². The van der Waals surface area contributed by atoms with Crippen LogP contribution in [0.25, 0.3) is 0 Å². The van der Waals surface area contributed by atoms with E-state index < -0.39 is 0 Å². The number of hydrogen-bond donors (Lipinski definition) is 2. The van der Waals surface area contributed by atoms with Gasteiger partial charge in [0.15, 0.2) is 0 Å². The predicted molar refractivity (Wildman–Crippen MR) is 79.1 cm³/mol. The van der Waals surface area contributed by atoms with Crippen molar-refractivity contribution in [3.63, 3.8) is 0 Å². The van der Waals surface area contributed by atoms with Gasteiger partial charge in [-0.15, -0.1) is 11.3 Å². The maximum Gasteiger partial charge on any atom is 0.264 e. The lowest BCUT2D eigenvalue weighted by molar-refractivity contribution is -0.117. The molecule has 1 atom stereocenters. The Morgan fingerprint density at radius 1 is 1.55 bits per heavy atom. The third-order valence-electron chi connectivity index (χ3n) is 3.55. The number of aliphatic hydroxyl groups is 1. The first-order valence-corrected chi connectivity index (χ1v) is 7.55. The first-order chi connectivity index (χ1) is 9.43. The van der Waals surface area contributed by atoms with Crippen molar-refractivity contribution in [2.24, 2.45) is 5.92 Å². The molecule has 0 aliphatic heterocycles. The van der Waals surface area contributed by atoms with Gasteiger partial charge in [0.05, 0.1) is 22.5 Å². The Bertz CT molecular complexity index is 522. The number of aryl methyl sites for hydroxylation is 1. The molecule has 1 unspecified atom stereocenters. The van der Waals surface area contributed by atoms with Gasteiger partial charge in [-0.25, -0.2) is 0 Å². The van der Waals surface area contributed by atoms with E-state index in [2.05, 4.69) is 5.32 Å². The van der Waals surface area contributed by atoms with Crippen LogP contribution >= 0.6 is 11.3 Å². The molecule has 0 saturated heterocycles. The Hall–Kier alpha value is -1.40. The maximum absolute atomic E-state index is 12.3. The predicted octanol–water partition coefficient (Wildman–Crippen LogP) is 1.86. The van der Waals surface area contributed by atoms with Gasteiger partial charge in [-0.1, -0.05) is 0 Å². The van der Waals surface area contributed by atoms with Gasteiger partial charge in [-0.3, -0.25) is 9.59 Å². The lowest BCUT2D eigenvalue weighted by Crippen LogP contribution is -2.37. The molecular weight excluding hydrogens is 276 g/mol. The highest BCUT2D eigenvalue weighted by Crippen LogP contribution is 2.33. The second-order valence-corrected chi connectivity index (χ2v) is 6.39. The number of rotatable bonds is 5. The summed E-state index contributed by atoms with van der Waals surface area (Å²) in [6.07, 6.45) is 1.91. The fraction of sp³-hybridized carbons (Fsp3) is 0.571. The quantitative estimate of drug-likeness (QED) is 0.871. The molecule has 1 aliphatic rings. The molecule has 0 spiro atoms. The zero-order chi connectivity index (χ0) is 14.9. The number of nitrogens with one attached hydrogen (secondary N) is 1. The first-order valence-electron chi connectivity index (χ1n) is 6.73. The summed E-state index contributed by atoms with van der Waals surface area (Å²) in [6.45, 7) is 3.57. The second kappa shape index (κ2) is 5.93. The van der Waals surface area contributed by atoms with Crippen LogP contribution in [0.1, 0.15) is 35.0 Å². The normalized spacial score (nSPS) is 15.8. The van der Waals surface area contributed by atoms with E-state index in [1.807, 2.05) is 13.0 Å². The van der Waals surface area contributed by atoms with E-state index in [-0.39, 0.29) is 30.4 Å². The van der Waals surface area contributed by atoms with E-state index in [0.717, 1.165) is 18.4 Å². The summed E-state index contributed by atoms with van der Waals surface area (Å²) in [5.41, 5.74) is 0.850. The number of carbonyl (C=O) groups is 2. The minimum atomic E-state index is -0.228. The summed E-state index contributed by atoms with van der Waals surface area (Å²) in [4.78, 5) is 26.2. The zero-order valence-electron chi connectivity index (χ0n) is 12.0. The summed E-state index contributed by atoms with van der Waals surface area (Å²) in [5.74, 6) is 0.0666. The van der Waals surface area contributed by atoms with Gasteiger partial charge in [0, 0.05) is 13.0 Å². The van der Waals surface area contributed by atoms with Gasteiger partial charge in [-0.2, -0.15) is 0 Å². The molecule has 1 saturated carbocycles. The molecule has 5 nitrogen and oxygen atoms in total. The largest absolute Gasteiger partial charge is 0.394 e. The van der Waals surface area contributed by atoms with Crippen LogP contribution in [0.15, 0.2) is 6.07 Å². The summed E-state index contributed by atoms with van der Waals surface area (Å²) < 4.78 is 0. The molecule has 2 rings (SSSR count). The number of anilines is 1. The van der Waals surface area contributed by atoms with Gasteiger partial charge in [0.1, 0.15) is 0 Å². The van der Waals surface area contributed by atoms with Crippen LogP contribution < -0.4 is 5.32 Å².